The Labute approximate surface area is 96.4 Å². The van der Waals surface area contributed by atoms with Gasteiger partial charge in [-0.3, -0.25) is 15.2 Å². The minimum absolute atomic E-state index is 0.0394. The molecule has 0 bridgehead atoms. The zero-order valence-corrected chi connectivity index (χ0v) is 9.86. The highest BCUT2D eigenvalue weighted by molar-refractivity contribution is 5.75. The van der Waals surface area contributed by atoms with Crippen LogP contribution in [-0.2, 0) is 11.3 Å². The zero-order valence-electron chi connectivity index (χ0n) is 9.86. The van der Waals surface area contributed by atoms with Gasteiger partial charge < -0.3 is 0 Å². The van der Waals surface area contributed by atoms with Crippen molar-refractivity contribution in [1.82, 2.24) is 15.8 Å². The maximum Gasteiger partial charge on any atom is 0.234 e. The van der Waals surface area contributed by atoms with Crippen LogP contribution in [-0.4, -0.2) is 10.9 Å². The van der Waals surface area contributed by atoms with Gasteiger partial charge in [0.15, 0.2) is 0 Å². The fourth-order valence-corrected chi connectivity index (χ4v) is 1.23. The molecule has 0 spiro atoms. The number of aromatic nitrogens is 1. The summed E-state index contributed by atoms with van der Waals surface area (Å²) in [5.74, 6) is 0.599. The molecule has 0 aliphatic rings. The Balaban J connectivity index is 2.13. The van der Waals surface area contributed by atoms with Gasteiger partial charge >= 0.3 is 0 Å². The topological polar surface area (TPSA) is 54.0 Å². The predicted molar refractivity (Wildman–Crippen MR) is 63.3 cm³/mol. The summed E-state index contributed by atoms with van der Waals surface area (Å²) < 4.78 is 0. The van der Waals surface area contributed by atoms with E-state index in [1.54, 1.807) is 12.4 Å². The van der Waals surface area contributed by atoms with Gasteiger partial charge in [0.25, 0.3) is 0 Å². The third kappa shape index (κ3) is 5.46. The van der Waals surface area contributed by atoms with Crippen molar-refractivity contribution in [2.45, 2.75) is 33.2 Å². The molecule has 0 radical (unpaired) electrons. The molecule has 4 heteroatoms. The van der Waals surface area contributed by atoms with Gasteiger partial charge in [0.1, 0.15) is 0 Å². The number of nitrogens with zero attached hydrogens (tertiary/aromatic N) is 1. The highest BCUT2D eigenvalue weighted by Gasteiger charge is 2.02. The molecule has 1 aromatic heterocycles. The lowest BCUT2D eigenvalue weighted by atomic mass is 10.1. The Bertz CT molecular complexity index is 311. The summed E-state index contributed by atoms with van der Waals surface area (Å²) in [4.78, 5) is 15.3. The molecule has 1 rings (SSSR count). The van der Waals surface area contributed by atoms with Crippen molar-refractivity contribution < 1.29 is 4.79 Å². The number of carbonyl (C=O) groups excluding carboxylic acids is 1. The van der Waals surface area contributed by atoms with Crippen LogP contribution in [0.5, 0.6) is 0 Å². The smallest absolute Gasteiger partial charge is 0.234 e. The molecule has 0 aliphatic heterocycles. The van der Waals surface area contributed by atoms with E-state index >= 15 is 0 Å². The highest BCUT2D eigenvalue weighted by atomic mass is 16.2. The molecule has 1 aromatic rings. The van der Waals surface area contributed by atoms with E-state index in [4.69, 9.17) is 0 Å². The van der Waals surface area contributed by atoms with Crippen LogP contribution in [0.3, 0.4) is 0 Å². The first-order chi connectivity index (χ1) is 7.68. The molecule has 16 heavy (non-hydrogen) atoms. The average molecular weight is 221 g/mol. The van der Waals surface area contributed by atoms with E-state index in [1.807, 2.05) is 12.1 Å². The summed E-state index contributed by atoms with van der Waals surface area (Å²) in [5, 5.41) is 0. The first-order valence-corrected chi connectivity index (χ1v) is 5.59. The van der Waals surface area contributed by atoms with Crippen molar-refractivity contribution in [1.29, 1.82) is 0 Å². The molecular formula is C12H19N3O. The first kappa shape index (κ1) is 12.6. The molecule has 0 fully saturated rings. The molecule has 0 aliphatic carbocycles. The Morgan fingerprint density at radius 1 is 1.50 bits per heavy atom. The van der Waals surface area contributed by atoms with E-state index in [0.29, 0.717) is 18.9 Å². The van der Waals surface area contributed by atoms with Crippen LogP contribution in [0.25, 0.3) is 0 Å². The second-order valence-electron chi connectivity index (χ2n) is 4.20. The highest BCUT2D eigenvalue weighted by Crippen LogP contribution is 2.02. The summed E-state index contributed by atoms with van der Waals surface area (Å²) in [6.45, 7) is 4.81. The van der Waals surface area contributed by atoms with E-state index in [1.165, 1.54) is 0 Å². The maximum absolute atomic E-state index is 11.3. The van der Waals surface area contributed by atoms with Gasteiger partial charge in [0.2, 0.25) is 5.91 Å². The van der Waals surface area contributed by atoms with Gasteiger partial charge in [-0.1, -0.05) is 19.9 Å². The quantitative estimate of drug-likeness (QED) is 0.718. The van der Waals surface area contributed by atoms with Crippen molar-refractivity contribution in [3.63, 3.8) is 0 Å². The van der Waals surface area contributed by atoms with Crippen molar-refractivity contribution in [2.24, 2.45) is 5.92 Å². The minimum Gasteiger partial charge on any atom is -0.291 e. The van der Waals surface area contributed by atoms with Crippen LogP contribution in [0.2, 0.25) is 0 Å². The fraction of sp³-hybridized carbons (Fsp3) is 0.500. The number of hydrogen-bond acceptors (Lipinski definition) is 3. The van der Waals surface area contributed by atoms with Crippen LogP contribution < -0.4 is 10.9 Å². The second-order valence-corrected chi connectivity index (χ2v) is 4.20. The summed E-state index contributed by atoms with van der Waals surface area (Å²) >= 11 is 0. The maximum atomic E-state index is 11.3. The van der Waals surface area contributed by atoms with E-state index in [-0.39, 0.29) is 5.91 Å². The Morgan fingerprint density at radius 3 is 2.94 bits per heavy atom. The van der Waals surface area contributed by atoms with E-state index in [2.05, 4.69) is 29.7 Å². The number of hydrogen-bond donors (Lipinski definition) is 2. The van der Waals surface area contributed by atoms with E-state index < -0.39 is 0 Å². The standard InChI is InChI=1S/C12H19N3O/c1-10(2)5-6-12(16)15-14-9-11-4-3-7-13-8-11/h3-4,7-8,10,14H,5-6,9H2,1-2H3,(H,15,16). The van der Waals surface area contributed by atoms with E-state index in [9.17, 15) is 4.79 Å². The largest absolute Gasteiger partial charge is 0.291 e. The fourth-order valence-electron chi connectivity index (χ4n) is 1.23. The molecule has 0 saturated heterocycles. The molecule has 0 aromatic carbocycles. The first-order valence-electron chi connectivity index (χ1n) is 5.59. The lowest BCUT2D eigenvalue weighted by Crippen LogP contribution is -2.36. The van der Waals surface area contributed by atoms with Crippen LogP contribution in [0.15, 0.2) is 24.5 Å². The number of pyridine rings is 1. The van der Waals surface area contributed by atoms with Crippen molar-refractivity contribution >= 4 is 5.91 Å². The Hall–Kier alpha value is -1.42. The molecule has 0 saturated carbocycles. The van der Waals surface area contributed by atoms with E-state index in [0.717, 1.165) is 12.0 Å². The summed E-state index contributed by atoms with van der Waals surface area (Å²) in [6, 6.07) is 3.83. The third-order valence-electron chi connectivity index (χ3n) is 2.19. The van der Waals surface area contributed by atoms with Gasteiger partial charge in [0.05, 0.1) is 0 Å². The summed E-state index contributed by atoms with van der Waals surface area (Å²) in [5.41, 5.74) is 6.60. The third-order valence-corrected chi connectivity index (χ3v) is 2.19. The normalized spacial score (nSPS) is 10.4. The van der Waals surface area contributed by atoms with Crippen LogP contribution in [0, 0.1) is 5.92 Å². The van der Waals surface area contributed by atoms with Gasteiger partial charge in [-0.05, 0) is 24.0 Å². The van der Waals surface area contributed by atoms with Gasteiger partial charge in [-0.2, -0.15) is 0 Å². The van der Waals surface area contributed by atoms with Crippen molar-refractivity contribution in [3.8, 4) is 0 Å². The molecule has 88 valence electrons. The monoisotopic (exact) mass is 221 g/mol. The van der Waals surface area contributed by atoms with Crippen molar-refractivity contribution in [3.05, 3.63) is 30.1 Å². The lowest BCUT2D eigenvalue weighted by molar-refractivity contribution is -0.122. The minimum atomic E-state index is 0.0394. The number of nitrogens with one attached hydrogen (secondary N) is 2. The number of carbonyl (C=O) groups is 1. The number of amides is 1. The molecule has 0 unspecified atom stereocenters. The molecule has 1 amide bonds. The van der Waals surface area contributed by atoms with Crippen LogP contribution >= 0.6 is 0 Å². The predicted octanol–water partition coefficient (Wildman–Crippen LogP) is 1.64. The zero-order chi connectivity index (χ0) is 11.8. The Kier molecular flexibility index (Phi) is 5.50. The van der Waals surface area contributed by atoms with Crippen molar-refractivity contribution in [2.75, 3.05) is 0 Å². The summed E-state index contributed by atoms with van der Waals surface area (Å²) in [6.07, 6.45) is 4.98. The molecule has 2 N–H and O–H groups in total. The van der Waals surface area contributed by atoms with Gasteiger partial charge in [-0.15, -0.1) is 0 Å². The van der Waals surface area contributed by atoms with Crippen LogP contribution in [0.1, 0.15) is 32.3 Å². The lowest BCUT2D eigenvalue weighted by Gasteiger charge is -2.08. The molecule has 4 nitrogen and oxygen atoms in total. The number of rotatable bonds is 6. The molecule has 1 heterocycles. The Morgan fingerprint density at radius 2 is 2.31 bits per heavy atom. The van der Waals surface area contributed by atoms with Crippen LogP contribution in [0.4, 0.5) is 0 Å². The average Bonchev–Trinajstić information content (AvgIpc) is 2.28. The second kappa shape index (κ2) is 6.95. The van der Waals surface area contributed by atoms with Gasteiger partial charge in [0, 0.05) is 25.4 Å². The van der Waals surface area contributed by atoms with Gasteiger partial charge in [-0.25, -0.2) is 5.43 Å². The molecular weight excluding hydrogens is 202 g/mol. The summed E-state index contributed by atoms with van der Waals surface area (Å²) in [7, 11) is 0. The number of hydrazine groups is 1. The molecule has 0 atom stereocenters. The SMILES string of the molecule is CC(C)CCC(=O)NNCc1cccnc1.